The third-order valence-corrected chi connectivity index (χ3v) is 5.78. The third-order valence-electron chi connectivity index (χ3n) is 3.87. The molecule has 0 N–H and O–H groups in total. The van der Waals surface area contributed by atoms with Gasteiger partial charge in [-0.15, -0.1) is 0 Å². The Morgan fingerprint density at radius 3 is 2.39 bits per heavy atom. The van der Waals surface area contributed by atoms with E-state index in [1.54, 1.807) is 19.1 Å². The number of rotatable bonds is 6. The molecule has 1 aromatic carbocycles. The van der Waals surface area contributed by atoms with Crippen LogP contribution in [0.2, 0.25) is 0 Å². The van der Waals surface area contributed by atoms with Crippen LogP contribution in [0.4, 0.5) is 0 Å². The van der Waals surface area contributed by atoms with Crippen molar-refractivity contribution in [2.45, 2.75) is 31.6 Å². The second kappa shape index (κ2) is 7.79. The maximum atomic E-state index is 12.6. The summed E-state index contributed by atoms with van der Waals surface area (Å²) in [6.07, 6.45) is 1.78. The fourth-order valence-electron chi connectivity index (χ4n) is 2.43. The Bertz CT molecular complexity index is 618. The molecule has 0 bridgehead atoms. The van der Waals surface area contributed by atoms with Crippen LogP contribution in [0.1, 0.15) is 26.7 Å². The first-order valence-electron chi connectivity index (χ1n) is 7.82. The van der Waals surface area contributed by atoms with E-state index in [0.29, 0.717) is 31.4 Å². The summed E-state index contributed by atoms with van der Waals surface area (Å²) in [4.78, 5) is 11.5. The summed E-state index contributed by atoms with van der Waals surface area (Å²) in [7, 11) is -3.46. The normalized spacial score (nSPS) is 17.0. The molecule has 0 aromatic heterocycles. The van der Waals surface area contributed by atoms with Crippen LogP contribution in [0.15, 0.2) is 29.2 Å². The van der Waals surface area contributed by atoms with Gasteiger partial charge in [0.15, 0.2) is 6.61 Å². The molecule has 0 spiro atoms. The second-order valence-corrected chi connectivity index (χ2v) is 7.59. The Morgan fingerprint density at radius 2 is 1.83 bits per heavy atom. The van der Waals surface area contributed by atoms with Gasteiger partial charge in [-0.3, -0.25) is 0 Å². The fourth-order valence-corrected chi connectivity index (χ4v) is 3.90. The molecular formula is C16H23NO5S. The van der Waals surface area contributed by atoms with E-state index in [1.165, 1.54) is 16.4 Å². The quantitative estimate of drug-likeness (QED) is 0.741. The molecular weight excluding hydrogens is 318 g/mol. The lowest BCUT2D eigenvalue weighted by molar-refractivity contribution is -0.145. The Kier molecular flexibility index (Phi) is 6.01. The molecule has 0 amide bonds. The van der Waals surface area contributed by atoms with Crippen LogP contribution in [0.3, 0.4) is 0 Å². The molecule has 0 saturated carbocycles. The number of benzene rings is 1. The molecule has 1 aromatic rings. The molecule has 1 aliphatic heterocycles. The molecule has 1 saturated heterocycles. The van der Waals surface area contributed by atoms with Crippen LogP contribution in [-0.4, -0.2) is 45.0 Å². The van der Waals surface area contributed by atoms with Crippen molar-refractivity contribution in [3.05, 3.63) is 24.3 Å². The zero-order chi connectivity index (χ0) is 16.9. The number of carbonyl (C=O) groups is 1. The van der Waals surface area contributed by atoms with Crippen molar-refractivity contribution < 1.29 is 22.7 Å². The number of sulfonamides is 1. The lowest BCUT2D eigenvalue weighted by Gasteiger charge is -2.29. The maximum Gasteiger partial charge on any atom is 0.344 e. The first-order valence-corrected chi connectivity index (χ1v) is 9.26. The van der Waals surface area contributed by atoms with Crippen molar-refractivity contribution in [3.63, 3.8) is 0 Å². The average Bonchev–Trinajstić information content (AvgIpc) is 2.54. The molecule has 23 heavy (non-hydrogen) atoms. The Hall–Kier alpha value is -1.60. The van der Waals surface area contributed by atoms with E-state index in [0.717, 1.165) is 12.8 Å². The summed E-state index contributed by atoms with van der Waals surface area (Å²) in [6.45, 7) is 5.09. The standard InChI is InChI=1S/C16H23NO5S/c1-3-21-16(18)12-22-14-4-6-15(7-5-14)23(19,20)17-10-8-13(2)9-11-17/h4-7,13H,3,8-12H2,1-2H3. The fraction of sp³-hybridized carbons (Fsp3) is 0.562. The van der Waals surface area contributed by atoms with Gasteiger partial charge in [0, 0.05) is 13.1 Å². The van der Waals surface area contributed by atoms with Crippen molar-refractivity contribution in [1.29, 1.82) is 0 Å². The summed E-state index contributed by atoms with van der Waals surface area (Å²) in [6, 6.07) is 6.12. The second-order valence-electron chi connectivity index (χ2n) is 5.65. The lowest BCUT2D eigenvalue weighted by atomic mass is 10.0. The molecule has 128 valence electrons. The summed E-state index contributed by atoms with van der Waals surface area (Å²) in [5, 5.41) is 0. The van der Waals surface area contributed by atoms with E-state index in [4.69, 9.17) is 9.47 Å². The van der Waals surface area contributed by atoms with Gasteiger partial charge < -0.3 is 9.47 Å². The smallest absolute Gasteiger partial charge is 0.344 e. The molecule has 7 heteroatoms. The number of esters is 1. The lowest BCUT2D eigenvalue weighted by Crippen LogP contribution is -2.37. The van der Waals surface area contributed by atoms with E-state index in [-0.39, 0.29) is 11.5 Å². The predicted molar refractivity (Wildman–Crippen MR) is 85.7 cm³/mol. The van der Waals surface area contributed by atoms with Gasteiger partial charge in [-0.05, 0) is 49.9 Å². The maximum absolute atomic E-state index is 12.6. The van der Waals surface area contributed by atoms with E-state index in [9.17, 15) is 13.2 Å². The molecule has 1 aliphatic rings. The van der Waals surface area contributed by atoms with Crippen LogP contribution in [0.25, 0.3) is 0 Å². The first kappa shape index (κ1) is 17.7. The molecule has 2 rings (SSSR count). The van der Waals surface area contributed by atoms with Crippen molar-refractivity contribution in [1.82, 2.24) is 4.31 Å². The highest BCUT2D eigenvalue weighted by Gasteiger charge is 2.27. The highest BCUT2D eigenvalue weighted by Crippen LogP contribution is 2.24. The highest BCUT2D eigenvalue weighted by atomic mass is 32.2. The van der Waals surface area contributed by atoms with Gasteiger partial charge in [0.2, 0.25) is 10.0 Å². The monoisotopic (exact) mass is 341 g/mol. The summed E-state index contributed by atoms with van der Waals surface area (Å²) in [5.74, 6) is 0.552. The molecule has 0 aliphatic carbocycles. The number of piperidine rings is 1. The third kappa shape index (κ3) is 4.68. The van der Waals surface area contributed by atoms with Crippen LogP contribution in [-0.2, 0) is 19.6 Å². The molecule has 6 nitrogen and oxygen atoms in total. The largest absolute Gasteiger partial charge is 0.482 e. The van der Waals surface area contributed by atoms with E-state index >= 15 is 0 Å². The topological polar surface area (TPSA) is 72.9 Å². The van der Waals surface area contributed by atoms with Crippen LogP contribution >= 0.6 is 0 Å². The van der Waals surface area contributed by atoms with Crippen LogP contribution in [0, 0.1) is 5.92 Å². The van der Waals surface area contributed by atoms with Gasteiger partial charge in [-0.25, -0.2) is 13.2 Å². The Morgan fingerprint density at radius 1 is 1.22 bits per heavy atom. The predicted octanol–water partition coefficient (Wildman–Crippen LogP) is 2.05. The summed E-state index contributed by atoms with van der Waals surface area (Å²) >= 11 is 0. The minimum Gasteiger partial charge on any atom is -0.482 e. The Labute approximate surface area is 137 Å². The number of hydrogen-bond donors (Lipinski definition) is 0. The van der Waals surface area contributed by atoms with Gasteiger partial charge in [0.05, 0.1) is 11.5 Å². The zero-order valence-corrected chi connectivity index (χ0v) is 14.3. The van der Waals surface area contributed by atoms with Gasteiger partial charge in [-0.2, -0.15) is 4.31 Å². The van der Waals surface area contributed by atoms with Crippen molar-refractivity contribution in [3.8, 4) is 5.75 Å². The zero-order valence-electron chi connectivity index (χ0n) is 13.5. The van der Waals surface area contributed by atoms with Crippen LogP contribution in [0.5, 0.6) is 5.75 Å². The molecule has 0 radical (unpaired) electrons. The first-order chi connectivity index (χ1) is 10.9. The van der Waals surface area contributed by atoms with Gasteiger partial charge >= 0.3 is 5.97 Å². The van der Waals surface area contributed by atoms with Gasteiger partial charge in [0.25, 0.3) is 0 Å². The van der Waals surface area contributed by atoms with Crippen molar-refractivity contribution in [2.75, 3.05) is 26.3 Å². The van der Waals surface area contributed by atoms with E-state index in [1.807, 2.05) is 0 Å². The number of carbonyl (C=O) groups excluding carboxylic acids is 1. The van der Waals surface area contributed by atoms with E-state index in [2.05, 4.69) is 6.92 Å². The van der Waals surface area contributed by atoms with E-state index < -0.39 is 16.0 Å². The SMILES string of the molecule is CCOC(=O)COc1ccc(S(=O)(=O)N2CCC(C)CC2)cc1. The number of ether oxygens (including phenoxy) is 2. The van der Waals surface area contributed by atoms with Gasteiger partial charge in [-0.1, -0.05) is 6.92 Å². The van der Waals surface area contributed by atoms with Gasteiger partial charge in [0.1, 0.15) is 5.75 Å². The number of nitrogens with zero attached hydrogens (tertiary/aromatic N) is 1. The molecule has 0 atom stereocenters. The van der Waals surface area contributed by atoms with Crippen molar-refractivity contribution in [2.24, 2.45) is 5.92 Å². The summed E-state index contributed by atoms with van der Waals surface area (Å²) < 4.78 is 36.7. The molecule has 0 unspecified atom stereocenters. The Balaban J connectivity index is 1.99. The average molecular weight is 341 g/mol. The highest BCUT2D eigenvalue weighted by molar-refractivity contribution is 7.89. The molecule has 1 heterocycles. The minimum atomic E-state index is -3.46. The van der Waals surface area contributed by atoms with Crippen molar-refractivity contribution >= 4 is 16.0 Å². The number of hydrogen-bond acceptors (Lipinski definition) is 5. The molecule has 1 fully saturated rings. The summed E-state index contributed by atoms with van der Waals surface area (Å²) in [5.41, 5.74) is 0. The minimum absolute atomic E-state index is 0.191. The van der Waals surface area contributed by atoms with Crippen LogP contribution < -0.4 is 4.74 Å².